The van der Waals surface area contributed by atoms with Crippen molar-refractivity contribution in [3.05, 3.63) is 29.8 Å². The molecule has 120 valence electrons. The van der Waals surface area contributed by atoms with Gasteiger partial charge in [0.25, 0.3) is 0 Å². The van der Waals surface area contributed by atoms with Crippen LogP contribution in [-0.2, 0) is 25.1 Å². The monoisotopic (exact) mass is 344 g/mol. The van der Waals surface area contributed by atoms with Crippen LogP contribution in [-0.4, -0.2) is 51.0 Å². The maximum Gasteiger partial charge on any atom is 0.237 e. The number of hydrogen-bond donors (Lipinski definition) is 0. The molecule has 1 heterocycles. The Hall–Kier alpha value is -1.60. The van der Waals surface area contributed by atoms with E-state index in [1.807, 2.05) is 0 Å². The van der Waals surface area contributed by atoms with Gasteiger partial charge in [-0.05, 0) is 17.7 Å². The maximum absolute atomic E-state index is 12.0. The molecule has 1 fully saturated rings. The first-order valence-electron chi connectivity index (χ1n) is 6.71. The molecule has 6 nitrogen and oxygen atoms in total. The van der Waals surface area contributed by atoms with Crippen LogP contribution in [0.1, 0.15) is 12.0 Å². The quantitative estimate of drug-likeness (QED) is 0.763. The molecule has 1 unspecified atom stereocenters. The number of hydrogen-bond acceptors (Lipinski definition) is 4. The maximum atomic E-state index is 12.0. The van der Waals surface area contributed by atoms with E-state index in [1.54, 1.807) is 38.4 Å². The first-order valence-corrected chi connectivity index (χ1v) is 9.08. The molecule has 0 aromatic heterocycles. The summed E-state index contributed by atoms with van der Waals surface area (Å²) in [5.74, 6) is -0.337. The number of anilines is 1. The third-order valence-electron chi connectivity index (χ3n) is 3.56. The summed E-state index contributed by atoms with van der Waals surface area (Å²) in [7, 11) is 4.91. The number of halogens is 1. The van der Waals surface area contributed by atoms with Gasteiger partial charge >= 0.3 is 0 Å². The lowest BCUT2D eigenvalue weighted by molar-refractivity contribution is -0.128. The van der Waals surface area contributed by atoms with E-state index < -0.39 is 14.3 Å². The van der Waals surface area contributed by atoms with Crippen molar-refractivity contribution >= 4 is 37.2 Å². The average Bonchev–Trinajstić information content (AvgIpc) is 2.81. The van der Waals surface area contributed by atoms with E-state index in [-0.39, 0.29) is 31.2 Å². The number of benzene rings is 1. The van der Waals surface area contributed by atoms with Gasteiger partial charge in [-0.15, -0.1) is 0 Å². The normalized spacial score (nSPS) is 18.6. The molecule has 1 aromatic rings. The van der Waals surface area contributed by atoms with Crippen molar-refractivity contribution in [3.8, 4) is 0 Å². The zero-order valence-corrected chi connectivity index (χ0v) is 13.9. The molecule has 1 atom stereocenters. The van der Waals surface area contributed by atoms with Crippen LogP contribution in [0, 0.1) is 0 Å². The van der Waals surface area contributed by atoms with E-state index in [0.29, 0.717) is 5.69 Å². The largest absolute Gasteiger partial charge is 0.349 e. The van der Waals surface area contributed by atoms with E-state index in [4.69, 9.17) is 10.7 Å². The van der Waals surface area contributed by atoms with Crippen molar-refractivity contribution in [1.29, 1.82) is 0 Å². The Bertz CT molecular complexity index is 703. The molecule has 0 radical (unpaired) electrons. The van der Waals surface area contributed by atoms with Gasteiger partial charge in [0.05, 0.1) is 6.42 Å². The van der Waals surface area contributed by atoms with Crippen LogP contribution in [0.25, 0.3) is 0 Å². The zero-order valence-electron chi connectivity index (χ0n) is 12.3. The van der Waals surface area contributed by atoms with Crippen LogP contribution in [0.3, 0.4) is 0 Å². The molecule has 1 aromatic carbocycles. The van der Waals surface area contributed by atoms with Crippen molar-refractivity contribution in [2.45, 2.75) is 18.1 Å². The standard InChI is InChI=1S/C14H17ClN2O4S/c1-16(2)13(18)7-10-4-3-5-11(6-10)17-9-12(8-14(17)19)22(15,20)21/h3-6,12H,7-9H2,1-2H3. The van der Waals surface area contributed by atoms with E-state index in [0.717, 1.165) is 5.56 Å². The summed E-state index contributed by atoms with van der Waals surface area (Å²) in [5.41, 5.74) is 1.35. The number of amides is 2. The SMILES string of the molecule is CN(C)C(=O)Cc1cccc(N2CC(S(=O)(=O)Cl)CC2=O)c1. The fraction of sp³-hybridized carbons (Fsp3) is 0.429. The number of likely N-dealkylation sites (N-methyl/N-ethyl adjacent to an activating group) is 1. The number of nitrogens with zero attached hydrogens (tertiary/aromatic N) is 2. The molecule has 0 bridgehead atoms. The Labute approximate surface area is 134 Å². The first kappa shape index (κ1) is 16.8. The highest BCUT2D eigenvalue weighted by atomic mass is 35.7. The van der Waals surface area contributed by atoms with Gasteiger partial charge in [0.1, 0.15) is 5.25 Å². The average molecular weight is 345 g/mol. The lowest BCUT2D eigenvalue weighted by atomic mass is 10.1. The minimum absolute atomic E-state index is 0.0374. The van der Waals surface area contributed by atoms with Crippen LogP contribution in [0.4, 0.5) is 5.69 Å². The third-order valence-corrected chi connectivity index (χ3v) is 5.43. The van der Waals surface area contributed by atoms with Gasteiger partial charge in [-0.2, -0.15) is 0 Å². The molecular formula is C14H17ClN2O4S. The van der Waals surface area contributed by atoms with Crippen molar-refractivity contribution < 1.29 is 18.0 Å². The first-order chi connectivity index (χ1) is 10.2. The molecule has 0 aliphatic carbocycles. The summed E-state index contributed by atoms with van der Waals surface area (Å²) in [6.45, 7) is 0.0374. The van der Waals surface area contributed by atoms with E-state index >= 15 is 0 Å². The number of carbonyl (C=O) groups excluding carboxylic acids is 2. The van der Waals surface area contributed by atoms with Crippen molar-refractivity contribution in [2.75, 3.05) is 25.5 Å². The highest BCUT2D eigenvalue weighted by Gasteiger charge is 2.38. The molecular weight excluding hydrogens is 328 g/mol. The van der Waals surface area contributed by atoms with Gasteiger partial charge in [-0.25, -0.2) is 8.42 Å². The Morgan fingerprint density at radius 3 is 2.64 bits per heavy atom. The minimum atomic E-state index is -3.77. The lowest BCUT2D eigenvalue weighted by Crippen LogP contribution is -2.27. The summed E-state index contributed by atoms with van der Waals surface area (Å²) in [5, 5.41) is -0.895. The van der Waals surface area contributed by atoms with Crippen LogP contribution >= 0.6 is 10.7 Å². The second-order valence-corrected chi connectivity index (χ2v) is 8.35. The van der Waals surface area contributed by atoms with Crippen LogP contribution in [0.15, 0.2) is 24.3 Å². The van der Waals surface area contributed by atoms with Crippen molar-refractivity contribution in [2.24, 2.45) is 0 Å². The molecule has 1 aliphatic rings. The van der Waals surface area contributed by atoms with Gasteiger partial charge in [-0.3, -0.25) is 9.59 Å². The Morgan fingerprint density at radius 2 is 2.09 bits per heavy atom. The Kier molecular flexibility index (Phi) is 4.77. The third kappa shape index (κ3) is 3.78. The summed E-state index contributed by atoms with van der Waals surface area (Å²) in [4.78, 5) is 26.6. The second-order valence-electron chi connectivity index (χ2n) is 5.44. The smallest absolute Gasteiger partial charge is 0.237 e. The molecule has 2 amide bonds. The molecule has 1 aliphatic heterocycles. The van der Waals surface area contributed by atoms with Gasteiger partial charge in [0, 0.05) is 43.4 Å². The summed E-state index contributed by atoms with van der Waals surface area (Å²) < 4.78 is 22.8. The van der Waals surface area contributed by atoms with E-state index in [9.17, 15) is 18.0 Å². The number of carbonyl (C=O) groups is 2. The van der Waals surface area contributed by atoms with Crippen molar-refractivity contribution in [3.63, 3.8) is 0 Å². The van der Waals surface area contributed by atoms with Crippen LogP contribution in [0.2, 0.25) is 0 Å². The molecule has 22 heavy (non-hydrogen) atoms. The zero-order chi connectivity index (χ0) is 16.5. The Morgan fingerprint density at radius 1 is 1.41 bits per heavy atom. The molecule has 0 spiro atoms. The van der Waals surface area contributed by atoms with Gasteiger partial charge in [0.15, 0.2) is 0 Å². The van der Waals surface area contributed by atoms with Crippen LogP contribution < -0.4 is 4.90 Å². The molecule has 0 N–H and O–H groups in total. The predicted octanol–water partition coefficient (Wildman–Crippen LogP) is 0.991. The van der Waals surface area contributed by atoms with E-state index in [1.165, 1.54) is 9.80 Å². The fourth-order valence-electron chi connectivity index (χ4n) is 2.28. The molecule has 2 rings (SSSR count). The predicted molar refractivity (Wildman–Crippen MR) is 84.4 cm³/mol. The fourth-order valence-corrected chi connectivity index (χ4v) is 3.31. The Balaban J connectivity index is 2.20. The summed E-state index contributed by atoms with van der Waals surface area (Å²) in [6, 6.07) is 6.97. The van der Waals surface area contributed by atoms with Gasteiger partial charge in [0.2, 0.25) is 20.9 Å². The van der Waals surface area contributed by atoms with Crippen LogP contribution in [0.5, 0.6) is 0 Å². The van der Waals surface area contributed by atoms with Gasteiger partial charge in [-0.1, -0.05) is 12.1 Å². The number of rotatable bonds is 4. The summed E-state index contributed by atoms with van der Waals surface area (Å²) in [6.07, 6.45) is 0.104. The molecule has 8 heteroatoms. The minimum Gasteiger partial charge on any atom is -0.349 e. The van der Waals surface area contributed by atoms with E-state index in [2.05, 4.69) is 0 Å². The highest BCUT2D eigenvalue weighted by molar-refractivity contribution is 8.14. The topological polar surface area (TPSA) is 74.8 Å². The highest BCUT2D eigenvalue weighted by Crippen LogP contribution is 2.27. The second kappa shape index (κ2) is 6.26. The van der Waals surface area contributed by atoms with Crippen molar-refractivity contribution in [1.82, 2.24) is 4.90 Å². The molecule has 1 saturated heterocycles. The summed E-state index contributed by atoms with van der Waals surface area (Å²) >= 11 is 0. The molecule has 0 saturated carbocycles. The lowest BCUT2D eigenvalue weighted by Gasteiger charge is -2.17. The van der Waals surface area contributed by atoms with Gasteiger partial charge < -0.3 is 9.80 Å².